The first-order valence-electron chi connectivity index (χ1n) is 10.1. The highest BCUT2D eigenvalue weighted by molar-refractivity contribution is 5.95. The lowest BCUT2D eigenvalue weighted by atomic mass is 10.1. The molecule has 0 heterocycles. The van der Waals surface area contributed by atoms with Crippen LogP contribution in [0, 0.1) is 33.6 Å². The Balaban J connectivity index is 2.00. The molecule has 2 aromatic carbocycles. The number of amides is 2. The minimum atomic E-state index is -0.114. The van der Waals surface area contributed by atoms with Crippen molar-refractivity contribution in [2.45, 2.75) is 41.5 Å². The molecule has 0 radical (unpaired) electrons. The van der Waals surface area contributed by atoms with Crippen LogP contribution in [0.5, 0.6) is 0 Å². The Morgan fingerprint density at radius 1 is 0.793 bits per heavy atom. The Kier molecular flexibility index (Phi) is 7.97. The molecule has 2 aromatic rings. The number of anilines is 2. The van der Waals surface area contributed by atoms with Crippen LogP contribution in [-0.2, 0) is 9.59 Å². The molecule has 2 rings (SSSR count). The summed E-state index contributed by atoms with van der Waals surface area (Å²) in [7, 11) is 0. The predicted molar refractivity (Wildman–Crippen MR) is 120 cm³/mol. The summed E-state index contributed by atoms with van der Waals surface area (Å²) in [4.78, 5) is 27.1. The Hall–Kier alpha value is -2.66. The predicted octanol–water partition coefficient (Wildman–Crippen LogP) is 4.46. The van der Waals surface area contributed by atoms with Crippen LogP contribution in [0.15, 0.2) is 36.4 Å². The van der Waals surface area contributed by atoms with E-state index in [0.29, 0.717) is 12.5 Å². The molecule has 5 heteroatoms. The molecule has 29 heavy (non-hydrogen) atoms. The van der Waals surface area contributed by atoms with Gasteiger partial charge in [-0.15, -0.1) is 0 Å². The third-order valence-corrected chi connectivity index (χ3v) is 4.67. The highest BCUT2D eigenvalue weighted by atomic mass is 16.2. The lowest BCUT2D eigenvalue weighted by molar-refractivity contribution is -0.120. The van der Waals surface area contributed by atoms with Crippen molar-refractivity contribution in [3.8, 4) is 0 Å². The number of nitrogens with one attached hydrogen (secondary N) is 2. The van der Waals surface area contributed by atoms with Gasteiger partial charge in [0.1, 0.15) is 0 Å². The summed E-state index contributed by atoms with van der Waals surface area (Å²) in [5.74, 6) is 0.117. The molecule has 0 atom stereocenters. The van der Waals surface area contributed by atoms with Crippen molar-refractivity contribution in [3.63, 3.8) is 0 Å². The van der Waals surface area contributed by atoms with Crippen molar-refractivity contribution in [1.82, 2.24) is 4.90 Å². The first-order chi connectivity index (χ1) is 13.6. The second-order valence-corrected chi connectivity index (χ2v) is 8.30. The van der Waals surface area contributed by atoms with Gasteiger partial charge in [0.05, 0.1) is 13.1 Å². The molecule has 0 unspecified atom stereocenters. The number of rotatable bonds is 8. The van der Waals surface area contributed by atoms with Crippen LogP contribution in [0.2, 0.25) is 0 Å². The van der Waals surface area contributed by atoms with Crippen molar-refractivity contribution in [3.05, 3.63) is 58.7 Å². The van der Waals surface area contributed by atoms with Crippen LogP contribution in [0.1, 0.15) is 36.1 Å². The van der Waals surface area contributed by atoms with Crippen LogP contribution in [-0.4, -0.2) is 36.3 Å². The van der Waals surface area contributed by atoms with Crippen LogP contribution < -0.4 is 10.6 Å². The second-order valence-electron chi connectivity index (χ2n) is 8.30. The van der Waals surface area contributed by atoms with E-state index in [4.69, 9.17) is 0 Å². The van der Waals surface area contributed by atoms with Gasteiger partial charge in [-0.1, -0.05) is 49.2 Å². The number of aryl methyl sites for hydroxylation is 4. The maximum absolute atomic E-state index is 12.6. The number of carbonyl (C=O) groups excluding carboxylic acids is 2. The summed E-state index contributed by atoms with van der Waals surface area (Å²) >= 11 is 0. The fraction of sp³-hybridized carbons (Fsp3) is 0.417. The first-order valence-corrected chi connectivity index (χ1v) is 10.1. The summed E-state index contributed by atoms with van der Waals surface area (Å²) in [5, 5.41) is 5.93. The molecule has 5 nitrogen and oxygen atoms in total. The van der Waals surface area contributed by atoms with E-state index in [1.165, 1.54) is 0 Å². The minimum Gasteiger partial charge on any atom is -0.325 e. The molecule has 0 saturated heterocycles. The van der Waals surface area contributed by atoms with Gasteiger partial charge in [0, 0.05) is 17.9 Å². The molecule has 0 spiro atoms. The molecule has 0 aromatic heterocycles. The van der Waals surface area contributed by atoms with E-state index in [0.717, 1.165) is 33.6 Å². The van der Waals surface area contributed by atoms with E-state index in [2.05, 4.69) is 24.5 Å². The largest absolute Gasteiger partial charge is 0.325 e. The van der Waals surface area contributed by atoms with Crippen molar-refractivity contribution in [2.75, 3.05) is 30.3 Å². The topological polar surface area (TPSA) is 61.4 Å². The quantitative estimate of drug-likeness (QED) is 0.694. The molecule has 2 amide bonds. The molecular formula is C24H33N3O2. The Morgan fingerprint density at radius 3 is 1.55 bits per heavy atom. The van der Waals surface area contributed by atoms with E-state index in [1.54, 1.807) is 0 Å². The second kappa shape index (κ2) is 10.2. The zero-order chi connectivity index (χ0) is 21.6. The van der Waals surface area contributed by atoms with Gasteiger partial charge in [0.15, 0.2) is 0 Å². The maximum atomic E-state index is 12.6. The summed E-state index contributed by atoms with van der Waals surface area (Å²) < 4.78 is 0. The van der Waals surface area contributed by atoms with Crippen LogP contribution >= 0.6 is 0 Å². The van der Waals surface area contributed by atoms with E-state index in [9.17, 15) is 9.59 Å². The van der Waals surface area contributed by atoms with Crippen molar-refractivity contribution >= 4 is 23.2 Å². The summed E-state index contributed by atoms with van der Waals surface area (Å²) in [6.07, 6.45) is 0. The first kappa shape index (κ1) is 22.6. The van der Waals surface area contributed by atoms with Gasteiger partial charge >= 0.3 is 0 Å². The lowest BCUT2D eigenvalue weighted by Crippen LogP contribution is -2.40. The van der Waals surface area contributed by atoms with E-state index in [-0.39, 0.29) is 24.9 Å². The Morgan fingerprint density at radius 2 is 1.21 bits per heavy atom. The van der Waals surface area contributed by atoms with Gasteiger partial charge in [0.25, 0.3) is 0 Å². The van der Waals surface area contributed by atoms with Gasteiger partial charge < -0.3 is 10.6 Å². The highest BCUT2D eigenvalue weighted by Crippen LogP contribution is 2.17. The van der Waals surface area contributed by atoms with Gasteiger partial charge in [-0.3, -0.25) is 14.5 Å². The average Bonchev–Trinajstić information content (AvgIpc) is 2.59. The van der Waals surface area contributed by atoms with Crippen molar-refractivity contribution in [1.29, 1.82) is 0 Å². The Bertz CT molecular complexity index is 807. The smallest absolute Gasteiger partial charge is 0.238 e. The monoisotopic (exact) mass is 395 g/mol. The van der Waals surface area contributed by atoms with Crippen LogP contribution in [0.4, 0.5) is 11.4 Å². The highest BCUT2D eigenvalue weighted by Gasteiger charge is 2.17. The van der Waals surface area contributed by atoms with E-state index >= 15 is 0 Å². The standard InChI is InChI=1S/C24H33N3O2/c1-16(2)13-27(14-23(28)25-21-9-7-17(3)11-19(21)5)15-24(29)26-22-10-8-18(4)12-20(22)6/h7-12,16H,13-15H2,1-6H3,(H,25,28)(H,26,29). The van der Waals surface area contributed by atoms with E-state index in [1.807, 2.05) is 69.0 Å². The van der Waals surface area contributed by atoms with Gasteiger partial charge in [0.2, 0.25) is 11.8 Å². The number of carbonyl (C=O) groups is 2. The third-order valence-electron chi connectivity index (χ3n) is 4.67. The molecule has 0 aliphatic heterocycles. The number of hydrogen-bond donors (Lipinski definition) is 2. The fourth-order valence-electron chi connectivity index (χ4n) is 3.39. The zero-order valence-corrected chi connectivity index (χ0v) is 18.4. The van der Waals surface area contributed by atoms with Crippen LogP contribution in [0.3, 0.4) is 0 Å². The van der Waals surface area contributed by atoms with E-state index < -0.39 is 0 Å². The molecule has 156 valence electrons. The lowest BCUT2D eigenvalue weighted by Gasteiger charge is -2.23. The number of hydrogen-bond acceptors (Lipinski definition) is 3. The minimum absolute atomic E-state index is 0.114. The summed E-state index contributed by atoms with van der Waals surface area (Å²) in [5.41, 5.74) is 5.99. The Labute approximate surface area is 174 Å². The SMILES string of the molecule is Cc1ccc(NC(=O)CN(CC(=O)Nc2ccc(C)cc2C)CC(C)C)c(C)c1. The molecule has 0 fully saturated rings. The number of nitrogens with zero attached hydrogens (tertiary/aromatic N) is 1. The summed E-state index contributed by atoms with van der Waals surface area (Å²) in [6.45, 7) is 13.2. The fourth-order valence-corrected chi connectivity index (χ4v) is 3.39. The molecule has 0 aliphatic carbocycles. The van der Waals surface area contributed by atoms with Crippen LogP contribution in [0.25, 0.3) is 0 Å². The van der Waals surface area contributed by atoms with Crippen molar-refractivity contribution in [2.24, 2.45) is 5.92 Å². The van der Waals surface area contributed by atoms with Gasteiger partial charge in [-0.2, -0.15) is 0 Å². The maximum Gasteiger partial charge on any atom is 0.238 e. The van der Waals surface area contributed by atoms with Crippen molar-refractivity contribution < 1.29 is 9.59 Å². The normalized spacial score (nSPS) is 11.0. The average molecular weight is 396 g/mol. The zero-order valence-electron chi connectivity index (χ0n) is 18.4. The van der Waals surface area contributed by atoms with Gasteiger partial charge in [-0.05, 0) is 56.9 Å². The number of benzene rings is 2. The molecule has 0 aliphatic rings. The third kappa shape index (κ3) is 7.35. The molecular weight excluding hydrogens is 362 g/mol. The molecule has 2 N–H and O–H groups in total. The summed E-state index contributed by atoms with van der Waals surface area (Å²) in [6, 6.07) is 11.9. The molecule has 0 saturated carbocycles. The van der Waals surface area contributed by atoms with Gasteiger partial charge in [-0.25, -0.2) is 0 Å². The molecule has 0 bridgehead atoms.